The molecule has 0 atom stereocenters. The maximum absolute atomic E-state index is 12.0. The highest BCUT2D eigenvalue weighted by molar-refractivity contribution is 7.18. The molecular weight excluding hydrogens is 300 g/mol. The first-order chi connectivity index (χ1) is 10.6. The number of aliphatic carboxylic acids is 1. The van der Waals surface area contributed by atoms with Crippen molar-refractivity contribution in [3.63, 3.8) is 0 Å². The lowest BCUT2D eigenvalue weighted by molar-refractivity contribution is -0.136. The normalized spacial score (nSPS) is 11.3. The van der Waals surface area contributed by atoms with E-state index in [0.29, 0.717) is 10.7 Å². The lowest BCUT2D eigenvalue weighted by Crippen LogP contribution is -2.16. The number of hydrogen-bond acceptors (Lipinski definition) is 4. The molecule has 0 radical (unpaired) electrons. The van der Waals surface area contributed by atoms with Crippen LogP contribution in [0.2, 0.25) is 0 Å². The van der Waals surface area contributed by atoms with Crippen molar-refractivity contribution in [2.45, 2.75) is 6.42 Å². The molecular formula is C16H12N2O3S. The van der Waals surface area contributed by atoms with Gasteiger partial charge in [0, 0.05) is 12.3 Å². The van der Waals surface area contributed by atoms with Crippen molar-refractivity contribution >= 4 is 34.4 Å². The standard InChI is InChI=1S/C16H12N2O3S/c19-14-8-9-17-16-18(14)12(10-15(20)21)13(22-16)7-6-11-4-2-1-3-5-11/h1-9H,10H2,(H,20,21). The van der Waals surface area contributed by atoms with Crippen LogP contribution in [-0.2, 0) is 11.2 Å². The van der Waals surface area contributed by atoms with E-state index in [2.05, 4.69) is 4.98 Å². The summed E-state index contributed by atoms with van der Waals surface area (Å²) in [6, 6.07) is 11.0. The first-order valence-electron chi connectivity index (χ1n) is 6.59. The number of benzene rings is 1. The quantitative estimate of drug-likeness (QED) is 0.803. The van der Waals surface area contributed by atoms with E-state index < -0.39 is 5.97 Å². The topological polar surface area (TPSA) is 71.7 Å². The van der Waals surface area contributed by atoms with Crippen LogP contribution in [0.25, 0.3) is 17.1 Å². The molecule has 0 aliphatic carbocycles. The van der Waals surface area contributed by atoms with E-state index in [1.165, 1.54) is 28.0 Å². The van der Waals surface area contributed by atoms with Gasteiger partial charge in [0.15, 0.2) is 4.96 Å². The van der Waals surface area contributed by atoms with E-state index in [9.17, 15) is 9.59 Å². The van der Waals surface area contributed by atoms with E-state index in [4.69, 9.17) is 5.11 Å². The van der Waals surface area contributed by atoms with E-state index in [0.717, 1.165) is 10.4 Å². The minimum atomic E-state index is -0.982. The molecule has 3 rings (SSSR count). The number of carbonyl (C=O) groups is 1. The molecule has 2 aromatic heterocycles. The molecule has 1 aromatic carbocycles. The van der Waals surface area contributed by atoms with Gasteiger partial charge in [0.1, 0.15) is 0 Å². The Morgan fingerprint density at radius 3 is 2.73 bits per heavy atom. The molecule has 6 heteroatoms. The SMILES string of the molecule is O=C(O)Cc1c(C=Cc2ccccc2)sc2nccc(=O)n12. The van der Waals surface area contributed by atoms with Gasteiger partial charge >= 0.3 is 5.97 Å². The third-order valence-corrected chi connectivity index (χ3v) is 4.18. The van der Waals surface area contributed by atoms with Crippen molar-refractivity contribution in [3.8, 4) is 0 Å². The summed E-state index contributed by atoms with van der Waals surface area (Å²) in [5.41, 5.74) is 1.19. The Bertz CT molecular complexity index is 910. The van der Waals surface area contributed by atoms with Gasteiger partial charge in [-0.25, -0.2) is 4.98 Å². The van der Waals surface area contributed by atoms with Gasteiger partial charge in [-0.1, -0.05) is 47.7 Å². The van der Waals surface area contributed by atoms with E-state index in [-0.39, 0.29) is 12.0 Å². The molecule has 0 bridgehead atoms. The average Bonchev–Trinajstić information content (AvgIpc) is 2.85. The molecule has 0 aliphatic rings. The highest BCUT2D eigenvalue weighted by Crippen LogP contribution is 2.23. The summed E-state index contributed by atoms with van der Waals surface area (Å²) in [5.74, 6) is -0.982. The Kier molecular flexibility index (Phi) is 3.84. The average molecular weight is 312 g/mol. The van der Waals surface area contributed by atoms with Crippen molar-refractivity contribution in [1.29, 1.82) is 0 Å². The number of nitrogens with zero attached hydrogens (tertiary/aromatic N) is 2. The van der Waals surface area contributed by atoms with Crippen LogP contribution in [0.1, 0.15) is 16.1 Å². The summed E-state index contributed by atoms with van der Waals surface area (Å²) in [6.45, 7) is 0. The molecule has 22 heavy (non-hydrogen) atoms. The van der Waals surface area contributed by atoms with Crippen LogP contribution >= 0.6 is 11.3 Å². The molecule has 2 heterocycles. The zero-order chi connectivity index (χ0) is 15.5. The summed E-state index contributed by atoms with van der Waals surface area (Å²) in [7, 11) is 0. The Hall–Kier alpha value is -2.73. The van der Waals surface area contributed by atoms with Crippen LogP contribution in [0, 0.1) is 0 Å². The van der Waals surface area contributed by atoms with Crippen LogP contribution in [0.5, 0.6) is 0 Å². The van der Waals surface area contributed by atoms with Crippen molar-refractivity contribution < 1.29 is 9.90 Å². The van der Waals surface area contributed by atoms with Crippen LogP contribution < -0.4 is 5.56 Å². The third-order valence-electron chi connectivity index (χ3n) is 3.11. The van der Waals surface area contributed by atoms with Crippen LogP contribution in [0.3, 0.4) is 0 Å². The second-order valence-electron chi connectivity index (χ2n) is 4.63. The minimum Gasteiger partial charge on any atom is -0.481 e. The number of carboxylic acid groups (broad SMARTS) is 1. The van der Waals surface area contributed by atoms with Crippen LogP contribution in [-0.4, -0.2) is 20.5 Å². The lowest BCUT2D eigenvalue weighted by atomic mass is 10.2. The largest absolute Gasteiger partial charge is 0.481 e. The minimum absolute atomic E-state index is 0.222. The van der Waals surface area contributed by atoms with E-state index >= 15 is 0 Å². The third kappa shape index (κ3) is 2.82. The summed E-state index contributed by atoms with van der Waals surface area (Å²) in [6.07, 6.45) is 4.93. The summed E-state index contributed by atoms with van der Waals surface area (Å²) in [4.78, 5) is 28.4. The molecule has 3 aromatic rings. The maximum Gasteiger partial charge on any atom is 0.309 e. The smallest absolute Gasteiger partial charge is 0.309 e. The van der Waals surface area contributed by atoms with Gasteiger partial charge in [-0.2, -0.15) is 0 Å². The maximum atomic E-state index is 12.0. The molecule has 0 saturated carbocycles. The fraction of sp³-hybridized carbons (Fsp3) is 0.0625. The predicted octanol–water partition coefficient (Wildman–Crippen LogP) is 2.55. The molecule has 110 valence electrons. The van der Waals surface area contributed by atoms with E-state index in [1.54, 1.807) is 0 Å². The molecule has 0 spiro atoms. The number of carboxylic acids is 1. The second kappa shape index (κ2) is 5.95. The van der Waals surface area contributed by atoms with Gasteiger partial charge in [-0.15, -0.1) is 0 Å². The Labute approximate surface area is 129 Å². The van der Waals surface area contributed by atoms with Gasteiger partial charge in [0.2, 0.25) is 0 Å². The lowest BCUT2D eigenvalue weighted by Gasteiger charge is -1.99. The molecule has 0 amide bonds. The first-order valence-corrected chi connectivity index (χ1v) is 7.41. The van der Waals surface area contributed by atoms with Gasteiger partial charge in [0.25, 0.3) is 5.56 Å². The first kappa shape index (κ1) is 14.2. The second-order valence-corrected chi connectivity index (χ2v) is 5.64. The summed E-state index contributed by atoms with van der Waals surface area (Å²) < 4.78 is 1.36. The Morgan fingerprint density at radius 2 is 2.00 bits per heavy atom. The summed E-state index contributed by atoms with van der Waals surface area (Å²) >= 11 is 1.30. The number of fused-ring (bicyclic) bond motifs is 1. The fourth-order valence-electron chi connectivity index (χ4n) is 2.15. The van der Waals surface area contributed by atoms with Crippen molar-refractivity contribution in [2.75, 3.05) is 0 Å². The number of thiazole rings is 1. The molecule has 1 N–H and O–H groups in total. The number of rotatable bonds is 4. The summed E-state index contributed by atoms with van der Waals surface area (Å²) in [5, 5.41) is 9.09. The van der Waals surface area contributed by atoms with Crippen molar-refractivity contribution in [2.24, 2.45) is 0 Å². The fourth-order valence-corrected chi connectivity index (χ4v) is 3.17. The highest BCUT2D eigenvalue weighted by Gasteiger charge is 2.15. The molecule has 0 unspecified atom stereocenters. The predicted molar refractivity (Wildman–Crippen MR) is 86.0 cm³/mol. The number of aromatic nitrogens is 2. The molecule has 0 saturated heterocycles. The van der Waals surface area contributed by atoms with Crippen molar-refractivity contribution in [3.05, 3.63) is 69.1 Å². The monoisotopic (exact) mass is 312 g/mol. The zero-order valence-electron chi connectivity index (χ0n) is 11.5. The van der Waals surface area contributed by atoms with Gasteiger partial charge in [-0.05, 0) is 11.6 Å². The van der Waals surface area contributed by atoms with Gasteiger partial charge < -0.3 is 5.11 Å². The number of hydrogen-bond donors (Lipinski definition) is 1. The van der Waals surface area contributed by atoms with Crippen LogP contribution in [0.4, 0.5) is 0 Å². The molecule has 5 nitrogen and oxygen atoms in total. The Morgan fingerprint density at radius 1 is 1.23 bits per heavy atom. The van der Waals surface area contributed by atoms with Crippen molar-refractivity contribution in [1.82, 2.24) is 9.38 Å². The molecule has 0 fully saturated rings. The zero-order valence-corrected chi connectivity index (χ0v) is 12.3. The molecule has 0 aliphatic heterocycles. The van der Waals surface area contributed by atoms with Gasteiger partial charge in [-0.3, -0.25) is 14.0 Å². The highest BCUT2D eigenvalue weighted by atomic mass is 32.1. The van der Waals surface area contributed by atoms with E-state index in [1.807, 2.05) is 42.5 Å². The van der Waals surface area contributed by atoms with Crippen LogP contribution in [0.15, 0.2) is 47.4 Å². The Balaban J connectivity index is 2.12. The van der Waals surface area contributed by atoms with Gasteiger partial charge in [0.05, 0.1) is 17.0 Å².